The molecule has 0 spiro atoms. The van der Waals surface area contributed by atoms with Crippen molar-refractivity contribution in [1.29, 1.82) is 0 Å². The molecule has 0 N–H and O–H groups in total. The first-order valence-electron chi connectivity index (χ1n) is 2.05. The van der Waals surface area contributed by atoms with Crippen LogP contribution in [0.25, 0.3) is 0 Å². The molecule has 2 nitrogen and oxygen atoms in total. The minimum atomic E-state index is 1.14. The molecule has 1 rings (SSSR count). The fraction of sp³-hybridized carbons (Fsp3) is 0. The van der Waals surface area contributed by atoms with E-state index in [2.05, 4.69) is 9.97 Å². The predicted molar refractivity (Wildman–Crippen MR) is 32.8 cm³/mol. The fourth-order valence-corrected chi connectivity index (χ4v) is 1.13. The molecule has 1 heterocycles. The molecule has 0 saturated carbocycles. The topological polar surface area (TPSA) is 25.8 Å². The Morgan fingerprint density at radius 1 is 1.00 bits per heavy atom. The molecule has 0 bridgehead atoms. The summed E-state index contributed by atoms with van der Waals surface area (Å²) in [5, 5.41) is 0. The summed E-state index contributed by atoms with van der Waals surface area (Å²) in [7, 11) is 0. The van der Waals surface area contributed by atoms with E-state index in [9.17, 15) is 0 Å². The third kappa shape index (κ3) is 1.58. The molecule has 0 aliphatic carbocycles. The van der Waals surface area contributed by atoms with E-state index in [1.165, 1.54) is 45.0 Å². The van der Waals surface area contributed by atoms with E-state index in [1.54, 1.807) is 12.4 Å². The van der Waals surface area contributed by atoms with Crippen LogP contribution in [0.1, 0.15) is 0 Å². The molecule has 0 aliphatic heterocycles. The van der Waals surface area contributed by atoms with Crippen molar-refractivity contribution in [2.45, 2.75) is 0 Å². The van der Waals surface area contributed by atoms with Gasteiger partial charge in [-0.25, -0.2) is 0 Å². The first-order chi connectivity index (χ1) is 3.80. The molecule has 0 fully saturated rings. The Kier molecular flexibility index (Phi) is 2.55. The second-order valence-corrected chi connectivity index (χ2v) is 3.96. The summed E-state index contributed by atoms with van der Waals surface area (Å²) in [5.41, 5.74) is 0. The van der Waals surface area contributed by atoms with Gasteiger partial charge in [0.25, 0.3) is 0 Å². The standard InChI is InChI=1S/C4H2N2.2Sn/c1-2-6-4-3-5-1;;/h1-2H;;. The predicted octanol–water partition coefficient (Wildman–Crippen LogP) is -1.94. The molecule has 6 radical (unpaired) electrons. The van der Waals surface area contributed by atoms with Crippen LogP contribution in [0.4, 0.5) is 0 Å². The molecule has 0 aromatic carbocycles. The molecule has 0 unspecified atom stereocenters. The van der Waals surface area contributed by atoms with Gasteiger partial charge in [0.05, 0.1) is 0 Å². The monoisotopic (exact) mass is 318 g/mol. The first kappa shape index (κ1) is 6.79. The van der Waals surface area contributed by atoms with Gasteiger partial charge in [0.15, 0.2) is 0 Å². The van der Waals surface area contributed by atoms with Crippen molar-refractivity contribution >= 4 is 52.5 Å². The third-order valence-corrected chi connectivity index (χ3v) is 4.82. The Morgan fingerprint density at radius 3 is 1.62 bits per heavy atom. The Balaban J connectivity index is 3.13. The average molecular weight is 315 g/mol. The van der Waals surface area contributed by atoms with Crippen molar-refractivity contribution in [3.05, 3.63) is 12.4 Å². The van der Waals surface area contributed by atoms with Crippen LogP contribution in [0, 0.1) is 0 Å². The van der Waals surface area contributed by atoms with Crippen LogP contribution < -0.4 is 7.42 Å². The van der Waals surface area contributed by atoms with Crippen LogP contribution in [-0.2, 0) is 0 Å². The first-order valence-corrected chi connectivity index (χ1v) is 4.90. The average Bonchev–Trinajstić information content (AvgIpc) is 1.77. The fourth-order valence-electron chi connectivity index (χ4n) is 0.338. The van der Waals surface area contributed by atoms with Gasteiger partial charge in [0.1, 0.15) is 0 Å². The second kappa shape index (κ2) is 3.00. The Hall–Kier alpha value is 0.677. The SMILES string of the molecule is [Sn][c]1nccn[c]1[Sn]. The van der Waals surface area contributed by atoms with Gasteiger partial charge in [-0.15, -0.1) is 0 Å². The summed E-state index contributed by atoms with van der Waals surface area (Å²) in [5.74, 6) is 0. The van der Waals surface area contributed by atoms with Crippen LogP contribution in [-0.4, -0.2) is 55.0 Å². The van der Waals surface area contributed by atoms with Crippen molar-refractivity contribution in [3.8, 4) is 0 Å². The van der Waals surface area contributed by atoms with Crippen LogP contribution in [0.2, 0.25) is 0 Å². The molecule has 1 aromatic rings. The molecule has 0 amide bonds. The van der Waals surface area contributed by atoms with E-state index < -0.39 is 0 Å². The van der Waals surface area contributed by atoms with E-state index >= 15 is 0 Å². The molecule has 1 aromatic heterocycles. The van der Waals surface area contributed by atoms with Crippen molar-refractivity contribution in [1.82, 2.24) is 9.97 Å². The second-order valence-electron chi connectivity index (χ2n) is 1.25. The number of aromatic nitrogens is 2. The molecule has 0 saturated heterocycles. The van der Waals surface area contributed by atoms with Gasteiger partial charge < -0.3 is 0 Å². The Morgan fingerprint density at radius 2 is 1.38 bits per heavy atom. The number of rotatable bonds is 0. The molecule has 8 heavy (non-hydrogen) atoms. The van der Waals surface area contributed by atoms with E-state index in [-0.39, 0.29) is 0 Å². The molecule has 36 valence electrons. The normalized spacial score (nSPS) is 9.25. The molecule has 0 atom stereocenters. The van der Waals surface area contributed by atoms with Crippen molar-refractivity contribution in [2.24, 2.45) is 0 Å². The summed E-state index contributed by atoms with van der Waals surface area (Å²) < 4.78 is 2.27. The molecular weight excluding hydrogens is 313 g/mol. The van der Waals surface area contributed by atoms with Crippen LogP contribution in [0.3, 0.4) is 0 Å². The summed E-state index contributed by atoms with van der Waals surface area (Å²) in [6.07, 6.45) is 3.47. The number of hydrogen-bond acceptors (Lipinski definition) is 2. The van der Waals surface area contributed by atoms with Gasteiger partial charge in [-0.3, -0.25) is 0 Å². The van der Waals surface area contributed by atoms with Crippen molar-refractivity contribution in [2.75, 3.05) is 0 Å². The van der Waals surface area contributed by atoms with Crippen molar-refractivity contribution in [3.63, 3.8) is 0 Å². The quantitative estimate of drug-likeness (QED) is 0.521. The van der Waals surface area contributed by atoms with E-state index in [4.69, 9.17) is 0 Å². The van der Waals surface area contributed by atoms with Crippen LogP contribution in [0.15, 0.2) is 12.4 Å². The zero-order valence-electron chi connectivity index (χ0n) is 4.05. The number of nitrogens with zero attached hydrogens (tertiary/aromatic N) is 2. The van der Waals surface area contributed by atoms with Gasteiger partial charge in [-0.2, -0.15) is 0 Å². The summed E-state index contributed by atoms with van der Waals surface area (Å²) in [4.78, 5) is 8.16. The molecular formula is C4H2N2Sn2. The zero-order chi connectivity index (χ0) is 5.98. The van der Waals surface area contributed by atoms with E-state index in [0.717, 1.165) is 7.42 Å². The van der Waals surface area contributed by atoms with Gasteiger partial charge in [0, 0.05) is 0 Å². The number of hydrogen-bond donors (Lipinski definition) is 0. The maximum absolute atomic E-state index is 4.08. The summed E-state index contributed by atoms with van der Waals surface area (Å²) >= 11 is 2.71. The molecule has 0 aliphatic rings. The van der Waals surface area contributed by atoms with Gasteiger partial charge in [-0.05, 0) is 0 Å². The molecule has 4 heteroatoms. The van der Waals surface area contributed by atoms with Gasteiger partial charge >= 0.3 is 74.8 Å². The van der Waals surface area contributed by atoms with E-state index in [0.29, 0.717) is 0 Å². The third-order valence-electron chi connectivity index (χ3n) is 0.698. The van der Waals surface area contributed by atoms with E-state index in [1.807, 2.05) is 0 Å². The van der Waals surface area contributed by atoms with Gasteiger partial charge in [0.2, 0.25) is 0 Å². The Bertz CT molecular complexity index is 168. The summed E-state index contributed by atoms with van der Waals surface area (Å²) in [6, 6.07) is 0. The van der Waals surface area contributed by atoms with Gasteiger partial charge in [-0.1, -0.05) is 0 Å². The zero-order valence-corrected chi connectivity index (χ0v) is 9.76. The maximum atomic E-state index is 4.08. The Labute approximate surface area is 74.3 Å². The van der Waals surface area contributed by atoms with Crippen LogP contribution in [0.5, 0.6) is 0 Å². The summed E-state index contributed by atoms with van der Waals surface area (Å²) in [6.45, 7) is 0. The van der Waals surface area contributed by atoms with Crippen LogP contribution >= 0.6 is 0 Å². The van der Waals surface area contributed by atoms with Crippen molar-refractivity contribution < 1.29 is 0 Å². The minimum absolute atomic E-state index is 1.14.